The molecule has 4 heteroatoms. The van der Waals surface area contributed by atoms with Crippen LogP contribution in [0.25, 0.3) is 5.65 Å². The zero-order chi connectivity index (χ0) is 9.84. The molecule has 0 spiro atoms. The smallest absolute Gasteiger partial charge is 0.226 e. The van der Waals surface area contributed by atoms with Crippen LogP contribution in [0, 0.1) is 6.92 Å². The van der Waals surface area contributed by atoms with E-state index in [9.17, 15) is 0 Å². The maximum Gasteiger partial charge on any atom is 0.226 e. The lowest BCUT2D eigenvalue weighted by atomic mass is 10.3. The Morgan fingerprint density at radius 2 is 1.92 bits per heavy atom. The Morgan fingerprint density at radius 1 is 1.23 bits per heavy atom. The monoisotopic (exact) mass is 178 g/mol. The Kier molecular flexibility index (Phi) is 2.84. The molecule has 70 valence electrons. The van der Waals surface area contributed by atoms with Gasteiger partial charge in [-0.3, -0.25) is 4.40 Å². The second kappa shape index (κ2) is 3.89. The van der Waals surface area contributed by atoms with Crippen molar-refractivity contribution < 1.29 is 0 Å². The van der Waals surface area contributed by atoms with Gasteiger partial charge < -0.3 is 5.73 Å². The predicted octanol–water partition coefficient (Wildman–Crippen LogP) is 1.65. The van der Waals surface area contributed by atoms with Gasteiger partial charge in [0.2, 0.25) is 5.95 Å². The molecule has 2 aromatic rings. The van der Waals surface area contributed by atoms with Gasteiger partial charge in [0.25, 0.3) is 0 Å². The van der Waals surface area contributed by atoms with Crippen molar-refractivity contribution in [1.29, 1.82) is 0 Å². The molecule has 0 aromatic carbocycles. The number of pyridine rings is 1. The molecule has 0 aliphatic rings. The summed E-state index contributed by atoms with van der Waals surface area (Å²) in [7, 11) is 0. The zero-order valence-corrected chi connectivity index (χ0v) is 8.15. The predicted molar refractivity (Wildman–Crippen MR) is 53.5 cm³/mol. The van der Waals surface area contributed by atoms with Crippen molar-refractivity contribution in [2.45, 2.75) is 20.8 Å². The van der Waals surface area contributed by atoms with E-state index in [1.165, 1.54) is 0 Å². The first-order valence-corrected chi connectivity index (χ1v) is 4.34. The fraction of sp³-hybridized carbons (Fsp3) is 0.333. The van der Waals surface area contributed by atoms with Crippen molar-refractivity contribution in [3.05, 3.63) is 23.9 Å². The van der Waals surface area contributed by atoms with Crippen molar-refractivity contribution in [2.24, 2.45) is 0 Å². The summed E-state index contributed by atoms with van der Waals surface area (Å²) in [5.41, 5.74) is 7.46. The minimum absolute atomic E-state index is 0.434. The second-order valence-electron chi connectivity index (χ2n) is 2.49. The van der Waals surface area contributed by atoms with Crippen LogP contribution in [0.3, 0.4) is 0 Å². The largest absolute Gasteiger partial charge is 0.368 e. The molecule has 2 rings (SSSR count). The van der Waals surface area contributed by atoms with Gasteiger partial charge in [0.1, 0.15) is 0 Å². The van der Waals surface area contributed by atoms with E-state index in [-0.39, 0.29) is 0 Å². The fourth-order valence-electron chi connectivity index (χ4n) is 1.01. The fourth-order valence-corrected chi connectivity index (χ4v) is 1.01. The van der Waals surface area contributed by atoms with Crippen LogP contribution in [0.15, 0.2) is 18.3 Å². The lowest BCUT2D eigenvalue weighted by Crippen LogP contribution is -1.93. The average molecular weight is 178 g/mol. The Labute approximate surface area is 77.4 Å². The van der Waals surface area contributed by atoms with Gasteiger partial charge in [-0.05, 0) is 18.6 Å². The molecule has 0 saturated carbocycles. The summed E-state index contributed by atoms with van der Waals surface area (Å²) in [5.74, 6) is 0.434. The normalized spacial score (nSPS) is 9.46. The molecule has 0 aliphatic carbocycles. The molecule has 2 heterocycles. The number of anilines is 1. The number of aromatic nitrogens is 3. The molecule has 2 aromatic heterocycles. The van der Waals surface area contributed by atoms with Gasteiger partial charge in [0.05, 0.1) is 0 Å². The molecule has 4 nitrogen and oxygen atoms in total. The quantitative estimate of drug-likeness (QED) is 0.667. The summed E-state index contributed by atoms with van der Waals surface area (Å²) in [6.07, 6.45) is 1.91. The standard InChI is InChI=1S/C7H8N4.C2H6/c1-5-2-3-6-9-10-7(8)11(6)4-5;1-2/h2-4H,1H3,(H2,8,10);1-2H3. The van der Waals surface area contributed by atoms with Gasteiger partial charge in [0.15, 0.2) is 5.65 Å². The number of hydrogen-bond donors (Lipinski definition) is 1. The Bertz CT molecular complexity index is 391. The van der Waals surface area contributed by atoms with Crippen LogP contribution in [0.1, 0.15) is 19.4 Å². The topological polar surface area (TPSA) is 56.2 Å². The van der Waals surface area contributed by atoms with E-state index in [0.29, 0.717) is 5.95 Å². The third kappa shape index (κ3) is 1.77. The third-order valence-electron chi connectivity index (χ3n) is 1.58. The second-order valence-corrected chi connectivity index (χ2v) is 2.49. The van der Waals surface area contributed by atoms with Crippen molar-refractivity contribution >= 4 is 11.6 Å². The Morgan fingerprint density at radius 3 is 2.62 bits per heavy atom. The van der Waals surface area contributed by atoms with Crippen LogP contribution in [-0.4, -0.2) is 14.6 Å². The molecular weight excluding hydrogens is 164 g/mol. The minimum Gasteiger partial charge on any atom is -0.368 e. The van der Waals surface area contributed by atoms with Crippen LogP contribution in [-0.2, 0) is 0 Å². The van der Waals surface area contributed by atoms with E-state index in [1.807, 2.05) is 39.1 Å². The van der Waals surface area contributed by atoms with Crippen LogP contribution in [0.2, 0.25) is 0 Å². The summed E-state index contributed by atoms with van der Waals surface area (Å²) in [6, 6.07) is 3.86. The van der Waals surface area contributed by atoms with Crippen molar-refractivity contribution in [3.63, 3.8) is 0 Å². The first-order chi connectivity index (χ1) is 6.27. The van der Waals surface area contributed by atoms with E-state index in [0.717, 1.165) is 11.2 Å². The SMILES string of the molecule is CC.Cc1ccc2nnc(N)n2c1. The molecule has 0 fully saturated rings. The van der Waals surface area contributed by atoms with Gasteiger partial charge in [-0.15, -0.1) is 10.2 Å². The highest BCUT2D eigenvalue weighted by Crippen LogP contribution is 2.06. The maximum absolute atomic E-state index is 5.53. The summed E-state index contributed by atoms with van der Waals surface area (Å²) >= 11 is 0. The van der Waals surface area contributed by atoms with Crippen LogP contribution in [0.5, 0.6) is 0 Å². The molecular formula is C9H14N4. The molecule has 0 aliphatic heterocycles. The van der Waals surface area contributed by atoms with Gasteiger partial charge >= 0.3 is 0 Å². The van der Waals surface area contributed by atoms with Crippen molar-refractivity contribution in [2.75, 3.05) is 5.73 Å². The van der Waals surface area contributed by atoms with E-state index in [1.54, 1.807) is 4.40 Å². The van der Waals surface area contributed by atoms with E-state index in [4.69, 9.17) is 5.73 Å². The molecule has 0 amide bonds. The van der Waals surface area contributed by atoms with Crippen molar-refractivity contribution in [1.82, 2.24) is 14.6 Å². The number of rotatable bonds is 0. The number of nitrogen functional groups attached to an aromatic ring is 1. The molecule has 0 saturated heterocycles. The first-order valence-electron chi connectivity index (χ1n) is 4.34. The molecule has 0 bridgehead atoms. The minimum atomic E-state index is 0.434. The first kappa shape index (κ1) is 9.51. The average Bonchev–Trinajstić information content (AvgIpc) is 2.52. The number of hydrogen-bond acceptors (Lipinski definition) is 3. The zero-order valence-electron chi connectivity index (χ0n) is 8.15. The van der Waals surface area contributed by atoms with Crippen molar-refractivity contribution in [3.8, 4) is 0 Å². The van der Waals surface area contributed by atoms with Gasteiger partial charge in [-0.25, -0.2) is 0 Å². The summed E-state index contributed by atoms with van der Waals surface area (Å²) < 4.78 is 1.76. The molecule has 13 heavy (non-hydrogen) atoms. The molecule has 0 radical (unpaired) electrons. The highest BCUT2D eigenvalue weighted by atomic mass is 15.3. The lowest BCUT2D eigenvalue weighted by Gasteiger charge is -1.94. The maximum atomic E-state index is 5.53. The molecule has 0 atom stereocenters. The number of nitrogens with two attached hydrogens (primary N) is 1. The van der Waals surface area contributed by atoms with Crippen LogP contribution < -0.4 is 5.73 Å². The lowest BCUT2D eigenvalue weighted by molar-refractivity contribution is 1.12. The third-order valence-corrected chi connectivity index (χ3v) is 1.58. The number of fused-ring (bicyclic) bond motifs is 1. The number of nitrogens with zero attached hydrogens (tertiary/aromatic N) is 3. The van der Waals surface area contributed by atoms with Crippen LogP contribution >= 0.6 is 0 Å². The van der Waals surface area contributed by atoms with Gasteiger partial charge in [-0.2, -0.15) is 0 Å². The highest BCUT2D eigenvalue weighted by molar-refractivity contribution is 5.43. The van der Waals surface area contributed by atoms with E-state index >= 15 is 0 Å². The summed E-state index contributed by atoms with van der Waals surface area (Å²) in [5, 5.41) is 7.57. The van der Waals surface area contributed by atoms with E-state index in [2.05, 4.69) is 10.2 Å². The van der Waals surface area contributed by atoms with Crippen LogP contribution in [0.4, 0.5) is 5.95 Å². The van der Waals surface area contributed by atoms with Gasteiger partial charge in [-0.1, -0.05) is 19.9 Å². The van der Waals surface area contributed by atoms with Gasteiger partial charge in [0, 0.05) is 6.20 Å². The molecule has 0 unspecified atom stereocenters. The number of aryl methyl sites for hydroxylation is 1. The highest BCUT2D eigenvalue weighted by Gasteiger charge is 1.98. The Balaban J connectivity index is 0.000000396. The molecule has 2 N–H and O–H groups in total. The summed E-state index contributed by atoms with van der Waals surface area (Å²) in [6.45, 7) is 6.00. The Hall–Kier alpha value is -1.58. The van der Waals surface area contributed by atoms with E-state index < -0.39 is 0 Å². The summed E-state index contributed by atoms with van der Waals surface area (Å²) in [4.78, 5) is 0.